The van der Waals surface area contributed by atoms with Gasteiger partial charge in [-0.15, -0.1) is 11.3 Å². The zero-order chi connectivity index (χ0) is 15.0. The second kappa shape index (κ2) is 5.78. The first-order valence-electron chi connectivity index (χ1n) is 5.95. The zero-order valence-electron chi connectivity index (χ0n) is 10.6. The molecule has 0 saturated heterocycles. The second-order valence-electron chi connectivity index (χ2n) is 4.28. The summed E-state index contributed by atoms with van der Waals surface area (Å²) < 4.78 is 1.00. The van der Waals surface area contributed by atoms with Crippen molar-refractivity contribution in [2.75, 3.05) is 11.1 Å². The van der Waals surface area contributed by atoms with Crippen molar-refractivity contribution in [1.29, 1.82) is 0 Å². The number of rotatable bonds is 2. The normalized spacial score (nSPS) is 10.8. The fourth-order valence-corrected chi connectivity index (χ4v) is 3.75. The molecular formula is C14H9ClIN3OS. The summed E-state index contributed by atoms with van der Waals surface area (Å²) in [4.78, 5) is 17.8. The Morgan fingerprint density at radius 3 is 2.90 bits per heavy atom. The van der Waals surface area contributed by atoms with Crippen molar-refractivity contribution in [1.82, 2.24) is 4.98 Å². The number of carbonyl (C=O) groups excluding carboxylic acids is 1. The number of nitrogen functional groups attached to an aromatic ring is 1. The summed E-state index contributed by atoms with van der Waals surface area (Å²) in [6.45, 7) is 0. The number of nitrogens with two attached hydrogens (primary N) is 1. The molecule has 2 aromatic heterocycles. The smallest absolute Gasteiger partial charge is 0.267 e. The maximum Gasteiger partial charge on any atom is 0.267 e. The van der Waals surface area contributed by atoms with Crippen molar-refractivity contribution in [3.8, 4) is 0 Å². The van der Waals surface area contributed by atoms with Crippen molar-refractivity contribution in [3.05, 3.63) is 50.0 Å². The SMILES string of the molecule is Nc1c(C(=O)Nc2ccc(I)cc2Cl)sc2ncccc12. The molecule has 0 bridgehead atoms. The highest BCUT2D eigenvalue weighted by Crippen LogP contribution is 2.33. The molecule has 0 aliphatic heterocycles. The van der Waals surface area contributed by atoms with Crippen LogP contribution in [0.25, 0.3) is 10.2 Å². The fourth-order valence-electron chi connectivity index (χ4n) is 1.89. The highest BCUT2D eigenvalue weighted by atomic mass is 127. The molecule has 0 aliphatic carbocycles. The lowest BCUT2D eigenvalue weighted by Gasteiger charge is -2.06. The van der Waals surface area contributed by atoms with Crippen LogP contribution in [0.15, 0.2) is 36.5 Å². The Balaban J connectivity index is 1.95. The molecule has 0 spiro atoms. The number of nitrogens with one attached hydrogen (secondary N) is 1. The Morgan fingerprint density at radius 2 is 2.19 bits per heavy atom. The molecule has 2 heterocycles. The number of amides is 1. The minimum absolute atomic E-state index is 0.279. The van der Waals surface area contributed by atoms with E-state index in [9.17, 15) is 4.79 Å². The average Bonchev–Trinajstić information content (AvgIpc) is 2.80. The molecule has 3 rings (SSSR count). The first-order chi connectivity index (χ1) is 10.1. The fraction of sp³-hybridized carbons (Fsp3) is 0. The minimum Gasteiger partial charge on any atom is -0.397 e. The van der Waals surface area contributed by atoms with Gasteiger partial charge in [-0.3, -0.25) is 4.79 Å². The van der Waals surface area contributed by atoms with Crippen LogP contribution in [0, 0.1) is 3.57 Å². The number of carbonyl (C=O) groups is 1. The van der Waals surface area contributed by atoms with E-state index in [2.05, 4.69) is 32.9 Å². The molecule has 0 unspecified atom stereocenters. The maximum atomic E-state index is 12.4. The van der Waals surface area contributed by atoms with Gasteiger partial charge in [0.05, 0.1) is 16.4 Å². The Kier molecular flexibility index (Phi) is 4.01. The molecule has 1 aromatic carbocycles. The molecule has 3 N–H and O–H groups in total. The van der Waals surface area contributed by atoms with Crippen LogP contribution in [-0.2, 0) is 0 Å². The molecule has 0 fully saturated rings. The summed E-state index contributed by atoms with van der Waals surface area (Å²) in [6, 6.07) is 9.07. The first-order valence-corrected chi connectivity index (χ1v) is 8.23. The number of aromatic nitrogens is 1. The number of hydrogen-bond acceptors (Lipinski definition) is 4. The lowest BCUT2D eigenvalue weighted by Crippen LogP contribution is -2.12. The Morgan fingerprint density at radius 1 is 1.38 bits per heavy atom. The summed E-state index contributed by atoms with van der Waals surface area (Å²) in [7, 11) is 0. The molecule has 0 aliphatic rings. The summed E-state index contributed by atoms with van der Waals surface area (Å²) in [6.07, 6.45) is 1.68. The third-order valence-corrected chi connectivity index (χ3v) is 5.00. The van der Waals surface area contributed by atoms with Gasteiger partial charge in [-0.05, 0) is 52.9 Å². The largest absolute Gasteiger partial charge is 0.397 e. The van der Waals surface area contributed by atoms with E-state index in [4.69, 9.17) is 17.3 Å². The quantitative estimate of drug-likeness (QED) is 0.594. The Bertz CT molecular complexity index is 849. The zero-order valence-corrected chi connectivity index (χ0v) is 14.3. The summed E-state index contributed by atoms with van der Waals surface area (Å²) >= 11 is 9.55. The van der Waals surface area contributed by atoms with E-state index in [1.54, 1.807) is 24.4 Å². The molecule has 0 radical (unpaired) electrons. The third-order valence-electron chi connectivity index (χ3n) is 2.89. The van der Waals surface area contributed by atoms with Crippen molar-refractivity contribution < 1.29 is 4.79 Å². The molecule has 0 atom stereocenters. The van der Waals surface area contributed by atoms with Gasteiger partial charge in [-0.25, -0.2) is 4.98 Å². The van der Waals surface area contributed by atoms with E-state index in [0.717, 1.165) is 13.8 Å². The molecule has 21 heavy (non-hydrogen) atoms. The molecule has 7 heteroatoms. The van der Waals surface area contributed by atoms with Crippen molar-refractivity contribution in [2.24, 2.45) is 0 Å². The molecule has 106 valence electrons. The minimum atomic E-state index is -0.279. The van der Waals surface area contributed by atoms with Crippen LogP contribution in [0.3, 0.4) is 0 Å². The number of thiophene rings is 1. The first kappa shape index (κ1) is 14.6. The van der Waals surface area contributed by atoms with Crippen LogP contribution in [0.1, 0.15) is 9.67 Å². The number of pyridine rings is 1. The van der Waals surface area contributed by atoms with Crippen LogP contribution in [0.4, 0.5) is 11.4 Å². The number of halogens is 2. The maximum absolute atomic E-state index is 12.4. The van der Waals surface area contributed by atoms with Crippen LogP contribution in [0.2, 0.25) is 5.02 Å². The molecule has 1 amide bonds. The van der Waals surface area contributed by atoms with Crippen LogP contribution in [0.5, 0.6) is 0 Å². The molecule has 3 aromatic rings. The van der Waals surface area contributed by atoms with E-state index in [1.807, 2.05) is 12.1 Å². The molecule has 0 saturated carbocycles. The Hall–Kier alpha value is -1.38. The third kappa shape index (κ3) is 2.83. The van der Waals surface area contributed by atoms with Crippen LogP contribution in [-0.4, -0.2) is 10.9 Å². The van der Waals surface area contributed by atoms with Gasteiger partial charge in [0.2, 0.25) is 0 Å². The summed E-state index contributed by atoms with van der Waals surface area (Å²) in [5.41, 5.74) is 7.04. The average molecular weight is 430 g/mol. The molecule has 4 nitrogen and oxygen atoms in total. The number of fused-ring (bicyclic) bond motifs is 1. The molecular weight excluding hydrogens is 421 g/mol. The van der Waals surface area contributed by atoms with Gasteiger partial charge in [0, 0.05) is 15.2 Å². The highest BCUT2D eigenvalue weighted by Gasteiger charge is 2.17. The van der Waals surface area contributed by atoms with E-state index in [1.165, 1.54) is 11.3 Å². The number of hydrogen-bond donors (Lipinski definition) is 2. The van der Waals surface area contributed by atoms with Crippen molar-refractivity contribution in [2.45, 2.75) is 0 Å². The van der Waals surface area contributed by atoms with Gasteiger partial charge in [0.1, 0.15) is 9.71 Å². The summed E-state index contributed by atoms with van der Waals surface area (Å²) in [5.74, 6) is -0.279. The van der Waals surface area contributed by atoms with Gasteiger partial charge in [0.25, 0.3) is 5.91 Å². The van der Waals surface area contributed by atoms with Gasteiger partial charge < -0.3 is 11.1 Å². The number of benzene rings is 1. The predicted octanol–water partition coefficient (Wildman–Crippen LogP) is 4.39. The monoisotopic (exact) mass is 429 g/mol. The van der Waals surface area contributed by atoms with E-state index < -0.39 is 0 Å². The standard InChI is InChI=1S/C14H9ClIN3OS/c15-9-6-7(16)3-4-10(9)19-13(20)12-11(17)8-2-1-5-18-14(8)21-12/h1-6H,17H2,(H,19,20). The van der Waals surface area contributed by atoms with Crippen LogP contribution >= 0.6 is 45.5 Å². The van der Waals surface area contributed by atoms with E-state index >= 15 is 0 Å². The number of anilines is 2. The second-order valence-corrected chi connectivity index (χ2v) is 6.93. The van der Waals surface area contributed by atoms with Crippen molar-refractivity contribution in [3.63, 3.8) is 0 Å². The van der Waals surface area contributed by atoms with Gasteiger partial charge in [-0.2, -0.15) is 0 Å². The Labute approximate surface area is 143 Å². The lowest BCUT2D eigenvalue weighted by atomic mass is 10.2. The lowest BCUT2D eigenvalue weighted by molar-refractivity contribution is 0.103. The summed E-state index contributed by atoms with van der Waals surface area (Å²) in [5, 5.41) is 4.07. The van der Waals surface area contributed by atoms with Crippen molar-refractivity contribution >= 4 is 73.0 Å². The van der Waals surface area contributed by atoms with Gasteiger partial charge in [-0.1, -0.05) is 11.6 Å². The van der Waals surface area contributed by atoms with Crippen LogP contribution < -0.4 is 11.1 Å². The topological polar surface area (TPSA) is 68.0 Å². The van der Waals surface area contributed by atoms with E-state index in [-0.39, 0.29) is 5.91 Å². The number of nitrogens with zero attached hydrogens (tertiary/aromatic N) is 1. The highest BCUT2D eigenvalue weighted by molar-refractivity contribution is 14.1. The van der Waals surface area contributed by atoms with E-state index in [0.29, 0.717) is 21.3 Å². The van der Waals surface area contributed by atoms with Gasteiger partial charge in [0.15, 0.2) is 0 Å². The predicted molar refractivity (Wildman–Crippen MR) is 96.2 cm³/mol. The van der Waals surface area contributed by atoms with Gasteiger partial charge >= 0.3 is 0 Å².